The highest BCUT2D eigenvalue weighted by Crippen LogP contribution is 2.29. The number of amides is 1. The molecule has 0 atom stereocenters. The second-order valence-electron chi connectivity index (χ2n) is 6.01. The van der Waals surface area contributed by atoms with E-state index in [1.54, 1.807) is 22.9 Å². The molecule has 7 heteroatoms. The van der Waals surface area contributed by atoms with Crippen molar-refractivity contribution in [2.24, 2.45) is 0 Å². The van der Waals surface area contributed by atoms with Gasteiger partial charge in [0.1, 0.15) is 11.1 Å². The second-order valence-corrected chi connectivity index (χ2v) is 6.01. The first-order valence-electron chi connectivity index (χ1n) is 7.95. The van der Waals surface area contributed by atoms with Gasteiger partial charge in [0.05, 0.1) is 5.52 Å². The van der Waals surface area contributed by atoms with Crippen LogP contribution in [-0.2, 0) is 11.3 Å². The van der Waals surface area contributed by atoms with Crippen molar-refractivity contribution in [1.29, 1.82) is 0 Å². The largest absolute Gasteiger partial charge is 0.480 e. The highest BCUT2D eigenvalue weighted by atomic mass is 16.4. The van der Waals surface area contributed by atoms with E-state index in [0.29, 0.717) is 30.5 Å². The van der Waals surface area contributed by atoms with Crippen LogP contribution in [-0.4, -0.2) is 37.5 Å². The average molecular weight is 316 g/mol. The predicted molar refractivity (Wildman–Crippen MR) is 84.1 cm³/mol. The molecule has 1 fully saturated rings. The lowest BCUT2D eigenvalue weighted by atomic mass is 9.81. The zero-order valence-corrected chi connectivity index (χ0v) is 13.1. The van der Waals surface area contributed by atoms with Crippen LogP contribution in [0.5, 0.6) is 0 Å². The molecule has 7 nitrogen and oxygen atoms in total. The van der Waals surface area contributed by atoms with Gasteiger partial charge in [-0.2, -0.15) is 0 Å². The summed E-state index contributed by atoms with van der Waals surface area (Å²) < 4.78 is 1.75. The van der Waals surface area contributed by atoms with Gasteiger partial charge in [-0.3, -0.25) is 4.79 Å². The number of benzene rings is 1. The van der Waals surface area contributed by atoms with Gasteiger partial charge < -0.3 is 10.4 Å². The molecule has 1 heterocycles. The molecular weight excluding hydrogens is 296 g/mol. The van der Waals surface area contributed by atoms with Gasteiger partial charge in [0, 0.05) is 12.1 Å². The lowest BCUT2D eigenvalue weighted by Crippen LogP contribution is -2.55. The van der Waals surface area contributed by atoms with Crippen LogP contribution in [0.15, 0.2) is 18.2 Å². The number of carbonyl (C=O) groups is 2. The van der Waals surface area contributed by atoms with Crippen LogP contribution in [0.1, 0.15) is 49.4 Å². The molecule has 1 aliphatic rings. The lowest BCUT2D eigenvalue weighted by molar-refractivity contribution is -0.145. The van der Waals surface area contributed by atoms with E-state index in [-0.39, 0.29) is 5.91 Å². The Morgan fingerprint density at radius 1 is 1.30 bits per heavy atom. The fourth-order valence-corrected chi connectivity index (χ4v) is 3.18. The second kappa shape index (κ2) is 5.98. The van der Waals surface area contributed by atoms with Gasteiger partial charge in [0.15, 0.2) is 0 Å². The lowest BCUT2D eigenvalue weighted by Gasteiger charge is -2.33. The molecule has 0 aliphatic heterocycles. The highest BCUT2D eigenvalue weighted by Gasteiger charge is 2.41. The zero-order chi connectivity index (χ0) is 16.4. The molecule has 2 aromatic rings. The Balaban J connectivity index is 1.86. The molecule has 0 spiro atoms. The maximum atomic E-state index is 12.5. The van der Waals surface area contributed by atoms with Crippen LogP contribution in [0.2, 0.25) is 0 Å². The van der Waals surface area contributed by atoms with Crippen molar-refractivity contribution >= 4 is 22.9 Å². The molecular formula is C16H20N4O3. The molecule has 1 saturated carbocycles. The highest BCUT2D eigenvalue weighted by molar-refractivity contribution is 6.00. The molecule has 23 heavy (non-hydrogen) atoms. The number of fused-ring (bicyclic) bond motifs is 1. The minimum Gasteiger partial charge on any atom is -0.480 e. The molecule has 0 saturated heterocycles. The molecule has 1 amide bonds. The van der Waals surface area contributed by atoms with Crippen molar-refractivity contribution in [2.45, 2.75) is 51.1 Å². The molecule has 0 bridgehead atoms. The molecule has 3 rings (SSSR count). The molecule has 1 aromatic heterocycles. The first kappa shape index (κ1) is 15.5. The van der Waals surface area contributed by atoms with Gasteiger partial charge in [0.25, 0.3) is 5.91 Å². The number of nitrogens with one attached hydrogen (secondary N) is 1. The minimum atomic E-state index is -1.15. The number of aryl methyl sites for hydroxylation is 1. The molecule has 2 N–H and O–H groups in total. The maximum Gasteiger partial charge on any atom is 0.329 e. The number of aliphatic carboxylic acids is 1. The van der Waals surface area contributed by atoms with Gasteiger partial charge in [-0.1, -0.05) is 24.5 Å². The Hall–Kier alpha value is -2.44. The predicted octanol–water partition coefficient (Wildman–Crippen LogP) is 1.97. The zero-order valence-electron chi connectivity index (χ0n) is 13.1. The number of nitrogens with zero attached hydrogens (tertiary/aromatic N) is 3. The SMILES string of the molecule is CCn1nnc2cc(C(=O)NC3(C(=O)O)CCCCC3)ccc21. The van der Waals surface area contributed by atoms with Crippen molar-refractivity contribution in [3.63, 3.8) is 0 Å². The first-order valence-corrected chi connectivity index (χ1v) is 7.95. The molecule has 0 radical (unpaired) electrons. The summed E-state index contributed by atoms with van der Waals surface area (Å²) in [7, 11) is 0. The molecule has 1 aliphatic carbocycles. The Bertz CT molecular complexity index is 747. The summed E-state index contributed by atoms with van der Waals surface area (Å²) in [6, 6.07) is 5.13. The summed E-state index contributed by atoms with van der Waals surface area (Å²) in [5, 5.41) is 20.4. The van der Waals surface area contributed by atoms with E-state index in [1.807, 2.05) is 6.92 Å². The number of aromatic nitrogens is 3. The Morgan fingerprint density at radius 3 is 2.70 bits per heavy atom. The Morgan fingerprint density at radius 2 is 2.04 bits per heavy atom. The minimum absolute atomic E-state index is 0.373. The van der Waals surface area contributed by atoms with E-state index < -0.39 is 11.5 Å². The summed E-state index contributed by atoms with van der Waals surface area (Å²) in [6.07, 6.45) is 3.59. The number of rotatable bonds is 4. The number of hydrogen-bond acceptors (Lipinski definition) is 4. The maximum absolute atomic E-state index is 12.5. The number of carboxylic acid groups (broad SMARTS) is 1. The van der Waals surface area contributed by atoms with E-state index in [2.05, 4.69) is 15.6 Å². The van der Waals surface area contributed by atoms with Crippen molar-refractivity contribution in [3.8, 4) is 0 Å². The van der Waals surface area contributed by atoms with Gasteiger partial charge in [-0.15, -0.1) is 5.10 Å². The summed E-state index contributed by atoms with van der Waals surface area (Å²) in [6.45, 7) is 2.67. The summed E-state index contributed by atoms with van der Waals surface area (Å²) >= 11 is 0. The van der Waals surface area contributed by atoms with Crippen molar-refractivity contribution < 1.29 is 14.7 Å². The fraction of sp³-hybridized carbons (Fsp3) is 0.500. The Kier molecular flexibility index (Phi) is 4.02. The van der Waals surface area contributed by atoms with Gasteiger partial charge in [-0.05, 0) is 38.0 Å². The first-order chi connectivity index (χ1) is 11.1. The van der Waals surface area contributed by atoms with E-state index in [9.17, 15) is 14.7 Å². The summed E-state index contributed by atoms with van der Waals surface area (Å²) in [4.78, 5) is 24.2. The normalized spacial score (nSPS) is 17.1. The molecule has 0 unspecified atom stereocenters. The third kappa shape index (κ3) is 2.78. The van der Waals surface area contributed by atoms with Crippen LogP contribution in [0.25, 0.3) is 11.0 Å². The van der Waals surface area contributed by atoms with Crippen LogP contribution < -0.4 is 5.32 Å². The summed E-state index contributed by atoms with van der Waals surface area (Å²) in [5.41, 5.74) is 0.750. The van der Waals surface area contributed by atoms with E-state index in [1.165, 1.54) is 0 Å². The fourth-order valence-electron chi connectivity index (χ4n) is 3.18. The average Bonchev–Trinajstić information content (AvgIpc) is 2.97. The topological polar surface area (TPSA) is 97.1 Å². The van der Waals surface area contributed by atoms with E-state index in [0.717, 1.165) is 24.8 Å². The van der Waals surface area contributed by atoms with Gasteiger partial charge in [-0.25, -0.2) is 9.48 Å². The Labute approximate surface area is 133 Å². The van der Waals surface area contributed by atoms with E-state index >= 15 is 0 Å². The standard InChI is InChI=1S/C16H20N4O3/c1-2-20-13-7-6-11(10-12(13)18-19-20)14(21)17-16(15(22)23)8-4-3-5-9-16/h6-7,10H,2-5,8-9H2,1H3,(H,17,21)(H,22,23). The van der Waals surface area contributed by atoms with Crippen molar-refractivity contribution in [3.05, 3.63) is 23.8 Å². The third-order valence-electron chi connectivity index (χ3n) is 4.54. The van der Waals surface area contributed by atoms with Crippen molar-refractivity contribution in [1.82, 2.24) is 20.3 Å². The van der Waals surface area contributed by atoms with Gasteiger partial charge in [0.2, 0.25) is 0 Å². The molecule has 1 aromatic carbocycles. The van der Waals surface area contributed by atoms with Crippen LogP contribution in [0, 0.1) is 0 Å². The van der Waals surface area contributed by atoms with Gasteiger partial charge >= 0.3 is 5.97 Å². The quantitative estimate of drug-likeness (QED) is 0.899. The van der Waals surface area contributed by atoms with Crippen LogP contribution in [0.4, 0.5) is 0 Å². The van der Waals surface area contributed by atoms with Crippen molar-refractivity contribution in [2.75, 3.05) is 0 Å². The van der Waals surface area contributed by atoms with Crippen LogP contribution in [0.3, 0.4) is 0 Å². The number of hydrogen-bond donors (Lipinski definition) is 2. The third-order valence-corrected chi connectivity index (χ3v) is 4.54. The smallest absolute Gasteiger partial charge is 0.329 e. The van der Waals surface area contributed by atoms with Crippen LogP contribution >= 0.6 is 0 Å². The monoisotopic (exact) mass is 316 g/mol. The number of carboxylic acids is 1. The molecule has 122 valence electrons. The summed E-state index contributed by atoms with van der Waals surface area (Å²) in [5.74, 6) is -1.33. The van der Waals surface area contributed by atoms with E-state index in [4.69, 9.17) is 0 Å². The number of carbonyl (C=O) groups excluding carboxylic acids is 1.